The summed E-state index contributed by atoms with van der Waals surface area (Å²) >= 11 is 0. The third-order valence-electron chi connectivity index (χ3n) is 4.17. The number of para-hydroxylation sites is 2. The fraction of sp³-hybridized carbons (Fsp3) is 0.261. The molecule has 26 heavy (non-hydrogen) atoms. The van der Waals surface area contributed by atoms with Crippen LogP contribution in [0.1, 0.15) is 36.8 Å². The highest BCUT2D eigenvalue weighted by Gasteiger charge is 2.07. The molecule has 2 aromatic carbocycles. The summed E-state index contributed by atoms with van der Waals surface area (Å²) in [5.74, 6) is 1.93. The molecule has 136 valence electrons. The molecule has 0 amide bonds. The zero-order chi connectivity index (χ0) is 18.6. The van der Waals surface area contributed by atoms with E-state index in [1.165, 1.54) is 12.5 Å². The Morgan fingerprint density at radius 2 is 1.19 bits per heavy atom. The molecule has 0 heterocycles. The molecule has 0 N–H and O–H groups in total. The summed E-state index contributed by atoms with van der Waals surface area (Å²) in [6.45, 7) is 7.18. The van der Waals surface area contributed by atoms with Gasteiger partial charge >= 0.3 is 0 Å². The first-order chi connectivity index (χ1) is 12.7. The number of rotatable bonds is 12. The Kier molecular flexibility index (Phi) is 8.20. The van der Waals surface area contributed by atoms with E-state index in [0.29, 0.717) is 18.6 Å². The Morgan fingerprint density at radius 3 is 1.62 bits per heavy atom. The minimum absolute atomic E-state index is 0.300. The smallest absolute Gasteiger partial charge is 0.132 e. The van der Waals surface area contributed by atoms with Gasteiger partial charge in [0.2, 0.25) is 0 Å². The van der Waals surface area contributed by atoms with Crippen molar-refractivity contribution >= 4 is 5.78 Å². The van der Waals surface area contributed by atoms with Gasteiger partial charge in [0.05, 0.1) is 12.5 Å². The second-order valence-corrected chi connectivity index (χ2v) is 6.03. The highest BCUT2D eigenvalue weighted by Crippen LogP contribution is 2.22. The van der Waals surface area contributed by atoms with E-state index in [9.17, 15) is 4.79 Å². The van der Waals surface area contributed by atoms with Crippen molar-refractivity contribution in [3.63, 3.8) is 0 Å². The van der Waals surface area contributed by atoms with E-state index >= 15 is 0 Å². The van der Waals surface area contributed by atoms with Crippen LogP contribution in [-0.4, -0.2) is 5.78 Å². The highest BCUT2D eigenvalue weighted by atomic mass is 16.5. The average Bonchev–Trinajstić information content (AvgIpc) is 2.65. The third kappa shape index (κ3) is 6.25. The van der Waals surface area contributed by atoms with Gasteiger partial charge in [-0.1, -0.05) is 49.6 Å². The molecule has 0 unspecified atom stereocenters. The number of hydrogen-bond acceptors (Lipinski definition) is 3. The number of hydrogen-bond donors (Lipinski definition) is 0. The van der Waals surface area contributed by atoms with Gasteiger partial charge in [-0.2, -0.15) is 0 Å². The van der Waals surface area contributed by atoms with Gasteiger partial charge < -0.3 is 9.47 Å². The van der Waals surface area contributed by atoms with Crippen LogP contribution in [0.15, 0.2) is 74.2 Å². The van der Waals surface area contributed by atoms with E-state index in [-0.39, 0.29) is 0 Å². The van der Waals surface area contributed by atoms with Gasteiger partial charge in [-0.25, -0.2) is 0 Å². The van der Waals surface area contributed by atoms with Crippen LogP contribution in [-0.2, 0) is 17.6 Å². The molecule has 0 bridgehead atoms. The lowest BCUT2D eigenvalue weighted by Gasteiger charge is -2.09. The molecule has 0 fully saturated rings. The Balaban J connectivity index is 1.73. The molecule has 2 rings (SSSR count). The lowest BCUT2D eigenvalue weighted by Crippen LogP contribution is -2.01. The molecule has 3 heteroatoms. The van der Waals surface area contributed by atoms with Crippen molar-refractivity contribution in [2.24, 2.45) is 0 Å². The number of Topliss-reactive ketones (excluding diaryl/α,β-unsaturated/α-hetero) is 1. The molecule has 0 aliphatic carbocycles. The quantitative estimate of drug-likeness (QED) is 0.464. The summed E-state index contributed by atoms with van der Waals surface area (Å²) in [5, 5.41) is 0. The summed E-state index contributed by atoms with van der Waals surface area (Å²) in [4.78, 5) is 12.1. The summed E-state index contributed by atoms with van der Waals surface area (Å²) in [6, 6.07) is 15.7. The molecular formula is C23H26O3. The van der Waals surface area contributed by atoms with Gasteiger partial charge in [0, 0.05) is 12.8 Å². The van der Waals surface area contributed by atoms with Crippen LogP contribution in [0, 0.1) is 0 Å². The van der Waals surface area contributed by atoms with Crippen LogP contribution >= 0.6 is 0 Å². The Bertz CT molecular complexity index is 672. The average molecular weight is 350 g/mol. The predicted octanol–water partition coefficient (Wildman–Crippen LogP) is 5.65. The Hall–Kier alpha value is -2.81. The lowest BCUT2D eigenvalue weighted by molar-refractivity contribution is -0.119. The molecule has 0 saturated carbocycles. The Morgan fingerprint density at radius 1 is 0.769 bits per heavy atom. The number of aryl methyl sites for hydroxylation is 2. The second kappa shape index (κ2) is 10.9. The number of ketones is 1. The van der Waals surface area contributed by atoms with E-state index in [4.69, 9.17) is 9.47 Å². The minimum Gasteiger partial charge on any atom is -0.465 e. The largest absolute Gasteiger partial charge is 0.465 e. The molecule has 0 saturated heterocycles. The second-order valence-electron chi connectivity index (χ2n) is 6.03. The molecule has 0 radical (unpaired) electrons. The zero-order valence-electron chi connectivity index (χ0n) is 15.2. The van der Waals surface area contributed by atoms with Crippen LogP contribution in [0.4, 0.5) is 0 Å². The maximum Gasteiger partial charge on any atom is 0.132 e. The molecule has 2 aromatic rings. The maximum absolute atomic E-state index is 12.1. The first kappa shape index (κ1) is 19.5. The molecule has 0 aromatic heterocycles. The van der Waals surface area contributed by atoms with Gasteiger partial charge in [-0.05, 0) is 48.9 Å². The van der Waals surface area contributed by atoms with E-state index in [1.54, 1.807) is 0 Å². The van der Waals surface area contributed by atoms with E-state index in [1.807, 2.05) is 48.5 Å². The van der Waals surface area contributed by atoms with Crippen molar-refractivity contribution in [2.45, 2.75) is 38.5 Å². The summed E-state index contributed by atoms with van der Waals surface area (Å²) in [5.41, 5.74) is 2.21. The van der Waals surface area contributed by atoms with Crippen LogP contribution < -0.4 is 9.47 Å². The van der Waals surface area contributed by atoms with Crippen molar-refractivity contribution in [3.05, 3.63) is 85.3 Å². The van der Waals surface area contributed by atoms with E-state index in [2.05, 4.69) is 13.2 Å². The standard InChI is InChI=1S/C23H26O3/c1-3-25-22-17-7-5-11-19(22)13-9-15-21(24)16-10-14-20-12-6-8-18-23(20)26-4-2/h3-8,11-12,17-18H,1-2,9-10,13-16H2. The fourth-order valence-corrected chi connectivity index (χ4v) is 2.91. The van der Waals surface area contributed by atoms with Crippen LogP contribution in [0.5, 0.6) is 11.5 Å². The van der Waals surface area contributed by atoms with E-state index in [0.717, 1.165) is 48.3 Å². The van der Waals surface area contributed by atoms with Crippen LogP contribution in [0.3, 0.4) is 0 Å². The number of carbonyl (C=O) groups excluding carboxylic acids is 1. The number of ether oxygens (including phenoxy) is 2. The number of benzene rings is 2. The molecule has 0 aliphatic rings. The summed E-state index contributed by atoms with van der Waals surface area (Å²) in [6.07, 6.45) is 7.34. The zero-order valence-corrected chi connectivity index (χ0v) is 15.2. The van der Waals surface area contributed by atoms with Gasteiger partial charge in [-0.15, -0.1) is 0 Å². The SMILES string of the molecule is C=COc1ccccc1CCCC(=O)CCCc1ccccc1OC=C. The first-order valence-electron chi connectivity index (χ1n) is 8.97. The summed E-state index contributed by atoms with van der Waals surface area (Å²) < 4.78 is 10.8. The van der Waals surface area contributed by atoms with Crippen molar-refractivity contribution in [3.8, 4) is 11.5 Å². The third-order valence-corrected chi connectivity index (χ3v) is 4.17. The predicted molar refractivity (Wildman–Crippen MR) is 105 cm³/mol. The fourth-order valence-electron chi connectivity index (χ4n) is 2.91. The topological polar surface area (TPSA) is 35.5 Å². The lowest BCUT2D eigenvalue weighted by atomic mass is 10.0. The first-order valence-corrected chi connectivity index (χ1v) is 8.97. The number of carbonyl (C=O) groups is 1. The normalized spacial score (nSPS) is 10.2. The van der Waals surface area contributed by atoms with Crippen molar-refractivity contribution < 1.29 is 14.3 Å². The van der Waals surface area contributed by atoms with Gasteiger partial charge in [0.15, 0.2) is 0 Å². The van der Waals surface area contributed by atoms with Crippen LogP contribution in [0.25, 0.3) is 0 Å². The minimum atomic E-state index is 0.300. The highest BCUT2D eigenvalue weighted by molar-refractivity contribution is 5.78. The monoisotopic (exact) mass is 350 g/mol. The molecule has 0 atom stereocenters. The van der Waals surface area contributed by atoms with Crippen LogP contribution in [0.2, 0.25) is 0 Å². The van der Waals surface area contributed by atoms with Crippen molar-refractivity contribution in [1.82, 2.24) is 0 Å². The summed E-state index contributed by atoms with van der Waals surface area (Å²) in [7, 11) is 0. The molecule has 0 spiro atoms. The molecule has 0 aliphatic heterocycles. The van der Waals surface area contributed by atoms with E-state index < -0.39 is 0 Å². The maximum atomic E-state index is 12.1. The Labute approximate surface area is 156 Å². The van der Waals surface area contributed by atoms with Crippen molar-refractivity contribution in [2.75, 3.05) is 0 Å². The van der Waals surface area contributed by atoms with Crippen molar-refractivity contribution in [1.29, 1.82) is 0 Å². The molecular weight excluding hydrogens is 324 g/mol. The van der Waals surface area contributed by atoms with Gasteiger partial charge in [0.25, 0.3) is 0 Å². The van der Waals surface area contributed by atoms with Gasteiger partial charge in [0.1, 0.15) is 17.3 Å². The molecule has 3 nitrogen and oxygen atoms in total. The van der Waals surface area contributed by atoms with Gasteiger partial charge in [-0.3, -0.25) is 4.79 Å².